The Balaban J connectivity index is 2.85. The van der Waals surface area contributed by atoms with Crippen LogP contribution in [0.3, 0.4) is 0 Å². The third-order valence-corrected chi connectivity index (χ3v) is 6.72. The number of hydrogen-bond donors (Lipinski definition) is 6. The van der Waals surface area contributed by atoms with Gasteiger partial charge in [-0.15, -0.1) is 0 Å². The summed E-state index contributed by atoms with van der Waals surface area (Å²) in [4.78, 5) is 99.8. The van der Waals surface area contributed by atoms with Crippen LogP contribution in [-0.2, 0) is 38.3 Å². The highest BCUT2D eigenvalue weighted by Crippen LogP contribution is 2.21. The Morgan fingerprint density at radius 2 is 1.57 bits per heavy atom. The lowest BCUT2D eigenvalue weighted by molar-refractivity contribution is -0.144. The van der Waals surface area contributed by atoms with Gasteiger partial charge in [-0.25, -0.2) is 9.59 Å². The highest BCUT2D eigenvalue weighted by Gasteiger charge is 2.40. The Morgan fingerprint density at radius 1 is 0.909 bits per heavy atom. The SMILES string of the molecule is CCCC(NC(=O)C1CCCN1C(=O)[C@@H](NC(=O)OCC(C)C)C(C)C)C(=O)C(=O)NCC(=O)N[C@@H](CCC(=O)O)C(=O)O. The number of aliphatic carboxylic acids is 2. The average Bonchev–Trinajstić information content (AvgIpc) is 3.44. The molecule has 2 unspecified atom stereocenters. The van der Waals surface area contributed by atoms with Gasteiger partial charge in [-0.1, -0.05) is 41.0 Å². The van der Waals surface area contributed by atoms with Gasteiger partial charge in [0.1, 0.15) is 18.1 Å². The zero-order chi connectivity index (χ0) is 33.6. The summed E-state index contributed by atoms with van der Waals surface area (Å²) in [6.45, 7) is 8.59. The van der Waals surface area contributed by atoms with Gasteiger partial charge in [0, 0.05) is 13.0 Å². The molecule has 1 aliphatic heterocycles. The number of carboxylic acids is 2. The lowest BCUT2D eigenvalue weighted by Gasteiger charge is -2.31. The number of alkyl carbamates (subject to hydrolysis) is 1. The first kappa shape index (κ1) is 37.8. The van der Waals surface area contributed by atoms with E-state index in [1.54, 1.807) is 20.8 Å². The van der Waals surface area contributed by atoms with E-state index >= 15 is 0 Å². The fourth-order valence-corrected chi connectivity index (χ4v) is 4.41. The van der Waals surface area contributed by atoms with Crippen molar-refractivity contribution >= 4 is 47.4 Å². The van der Waals surface area contributed by atoms with Gasteiger partial charge in [0.25, 0.3) is 5.91 Å². The molecule has 0 radical (unpaired) electrons. The first-order valence-corrected chi connectivity index (χ1v) is 14.7. The van der Waals surface area contributed by atoms with Crippen molar-refractivity contribution in [2.24, 2.45) is 11.8 Å². The Kier molecular flexibility index (Phi) is 15.8. The van der Waals surface area contributed by atoms with Crippen molar-refractivity contribution in [1.82, 2.24) is 26.2 Å². The summed E-state index contributed by atoms with van der Waals surface area (Å²) in [7, 11) is 0. The molecule has 16 heteroatoms. The third-order valence-electron chi connectivity index (χ3n) is 6.72. The molecule has 1 rings (SSSR count). The van der Waals surface area contributed by atoms with Gasteiger partial charge >= 0.3 is 18.0 Å². The second kappa shape index (κ2) is 18.4. The molecule has 0 bridgehead atoms. The van der Waals surface area contributed by atoms with E-state index in [4.69, 9.17) is 14.9 Å². The van der Waals surface area contributed by atoms with Crippen molar-refractivity contribution in [3.8, 4) is 0 Å². The molecule has 16 nitrogen and oxygen atoms in total. The van der Waals surface area contributed by atoms with Crippen LogP contribution in [0.1, 0.15) is 73.1 Å². The first-order chi connectivity index (χ1) is 20.6. The van der Waals surface area contributed by atoms with Crippen LogP contribution in [0.15, 0.2) is 0 Å². The molecule has 0 aromatic rings. The predicted molar refractivity (Wildman–Crippen MR) is 154 cm³/mol. The molecule has 0 aliphatic carbocycles. The maximum atomic E-state index is 13.4. The minimum absolute atomic E-state index is 0.0823. The van der Waals surface area contributed by atoms with E-state index < -0.39 is 84.6 Å². The third kappa shape index (κ3) is 12.6. The topological polar surface area (TPSA) is 238 Å². The lowest BCUT2D eigenvalue weighted by atomic mass is 10.0. The van der Waals surface area contributed by atoms with Crippen LogP contribution in [0.2, 0.25) is 0 Å². The van der Waals surface area contributed by atoms with Crippen LogP contribution in [0.5, 0.6) is 0 Å². The van der Waals surface area contributed by atoms with Crippen molar-refractivity contribution in [2.45, 2.75) is 97.3 Å². The van der Waals surface area contributed by atoms with Gasteiger partial charge in [-0.3, -0.25) is 28.8 Å². The van der Waals surface area contributed by atoms with Crippen molar-refractivity contribution in [3.63, 3.8) is 0 Å². The fraction of sp³-hybridized carbons (Fsp3) is 0.714. The van der Waals surface area contributed by atoms with Gasteiger partial charge in [-0.2, -0.15) is 0 Å². The summed E-state index contributed by atoms with van der Waals surface area (Å²) in [6.07, 6.45) is -0.365. The van der Waals surface area contributed by atoms with Crippen LogP contribution < -0.4 is 21.3 Å². The largest absolute Gasteiger partial charge is 0.481 e. The molecule has 1 saturated heterocycles. The number of likely N-dealkylation sites (tertiary alicyclic amines) is 1. The molecular formula is C28H45N5O11. The van der Waals surface area contributed by atoms with Crippen LogP contribution in [0.4, 0.5) is 4.79 Å². The Bertz CT molecular complexity index is 1080. The van der Waals surface area contributed by atoms with Gasteiger partial charge in [-0.05, 0) is 37.5 Å². The number of ether oxygens (including phenoxy) is 1. The molecule has 0 saturated carbocycles. The van der Waals surface area contributed by atoms with Crippen molar-refractivity contribution in [2.75, 3.05) is 19.7 Å². The molecule has 4 atom stereocenters. The minimum atomic E-state index is -1.51. The highest BCUT2D eigenvalue weighted by molar-refractivity contribution is 6.38. The van der Waals surface area contributed by atoms with Crippen LogP contribution in [0, 0.1) is 11.8 Å². The quantitative estimate of drug-likeness (QED) is 0.109. The monoisotopic (exact) mass is 627 g/mol. The molecule has 1 heterocycles. The van der Waals surface area contributed by atoms with Gasteiger partial charge < -0.3 is 41.1 Å². The summed E-state index contributed by atoms with van der Waals surface area (Å²) < 4.78 is 5.13. The number of carbonyl (C=O) groups excluding carboxylic acids is 6. The van der Waals surface area contributed by atoms with E-state index in [9.17, 15) is 38.4 Å². The molecule has 0 aromatic heterocycles. The minimum Gasteiger partial charge on any atom is -0.481 e. The summed E-state index contributed by atoms with van der Waals surface area (Å²) in [5, 5.41) is 27.2. The number of rotatable bonds is 18. The summed E-state index contributed by atoms with van der Waals surface area (Å²) in [5.74, 6) is -7.27. The zero-order valence-electron chi connectivity index (χ0n) is 25.8. The summed E-state index contributed by atoms with van der Waals surface area (Å²) in [6, 6.07) is -4.68. The summed E-state index contributed by atoms with van der Waals surface area (Å²) >= 11 is 0. The molecule has 0 aromatic carbocycles. The second-order valence-electron chi connectivity index (χ2n) is 11.3. The van der Waals surface area contributed by atoms with Gasteiger partial charge in [0.05, 0.1) is 19.2 Å². The van der Waals surface area contributed by atoms with Crippen LogP contribution in [-0.4, -0.2) is 106 Å². The van der Waals surface area contributed by atoms with Crippen LogP contribution >= 0.6 is 0 Å². The number of carboxylic acid groups (broad SMARTS) is 2. The smallest absolute Gasteiger partial charge is 0.407 e. The fourth-order valence-electron chi connectivity index (χ4n) is 4.41. The van der Waals surface area contributed by atoms with E-state index in [1.807, 2.05) is 13.8 Å². The number of ketones is 1. The maximum absolute atomic E-state index is 13.4. The molecule has 5 amide bonds. The number of amides is 5. The van der Waals surface area contributed by atoms with E-state index in [1.165, 1.54) is 4.90 Å². The molecule has 1 aliphatic rings. The highest BCUT2D eigenvalue weighted by atomic mass is 16.5. The number of Topliss-reactive ketones (excluding diaryl/α,β-unsaturated/α-hetero) is 1. The van der Waals surface area contributed by atoms with E-state index in [0.717, 1.165) is 0 Å². The molecule has 1 fully saturated rings. The Hall–Kier alpha value is -4.24. The molecular weight excluding hydrogens is 582 g/mol. The van der Waals surface area contributed by atoms with Gasteiger partial charge in [0.2, 0.25) is 23.5 Å². The zero-order valence-corrected chi connectivity index (χ0v) is 25.8. The van der Waals surface area contributed by atoms with Crippen molar-refractivity contribution in [1.29, 1.82) is 0 Å². The maximum Gasteiger partial charge on any atom is 0.407 e. The number of hydrogen-bond acceptors (Lipinski definition) is 9. The molecule has 6 N–H and O–H groups in total. The van der Waals surface area contributed by atoms with Crippen molar-refractivity contribution < 1.29 is 53.3 Å². The van der Waals surface area contributed by atoms with Gasteiger partial charge in [0.15, 0.2) is 0 Å². The number of nitrogens with zero attached hydrogens (tertiary/aromatic N) is 1. The van der Waals surface area contributed by atoms with Crippen LogP contribution in [0.25, 0.3) is 0 Å². The molecule has 44 heavy (non-hydrogen) atoms. The predicted octanol–water partition coefficient (Wildman–Crippen LogP) is -0.211. The first-order valence-electron chi connectivity index (χ1n) is 14.7. The average molecular weight is 628 g/mol. The number of carbonyl (C=O) groups is 8. The van der Waals surface area contributed by atoms with E-state index in [2.05, 4.69) is 21.3 Å². The van der Waals surface area contributed by atoms with E-state index in [-0.39, 0.29) is 37.8 Å². The second-order valence-corrected chi connectivity index (χ2v) is 11.3. The molecule has 248 valence electrons. The normalized spacial score (nSPS) is 16.4. The number of nitrogens with one attached hydrogen (secondary N) is 4. The van der Waals surface area contributed by atoms with Crippen molar-refractivity contribution in [3.05, 3.63) is 0 Å². The standard InChI is InChI=1S/C28H45N5O11/c1-6-8-17(23(37)25(39)29-13-20(34)30-18(27(41)42)10-11-21(35)36)31-24(38)19-9-7-12-33(19)26(40)22(16(4)5)32-28(43)44-14-15(2)3/h15-19,22H,6-14H2,1-5H3,(H,29,39)(H,30,34)(H,31,38)(H,32,43)(H,35,36)(H,41,42)/t17?,18-,19?,22-/m0/s1. The Labute approximate surface area is 256 Å². The molecule has 0 spiro atoms. The Morgan fingerprint density at radius 3 is 2.11 bits per heavy atom. The van der Waals surface area contributed by atoms with E-state index in [0.29, 0.717) is 19.3 Å². The lowest BCUT2D eigenvalue weighted by Crippen LogP contribution is -2.57. The summed E-state index contributed by atoms with van der Waals surface area (Å²) in [5.41, 5.74) is 0.